The molecule has 0 saturated heterocycles. The Morgan fingerprint density at radius 2 is 1.30 bits per heavy atom. The Morgan fingerprint density at radius 1 is 0.783 bits per heavy atom. The van der Waals surface area contributed by atoms with Gasteiger partial charge in [-0.2, -0.15) is 13.0 Å². The van der Waals surface area contributed by atoms with Gasteiger partial charge in [-0.15, -0.1) is 0 Å². The van der Waals surface area contributed by atoms with Gasteiger partial charge in [0.25, 0.3) is 10.1 Å². The van der Waals surface area contributed by atoms with E-state index in [-0.39, 0.29) is 4.90 Å². The number of aromatic nitrogens is 1. The lowest BCUT2D eigenvalue weighted by Gasteiger charge is -1.95. The van der Waals surface area contributed by atoms with E-state index in [4.69, 9.17) is 4.55 Å². The maximum absolute atomic E-state index is 10.5. The predicted octanol–water partition coefficient (Wildman–Crippen LogP) is 3.21. The summed E-state index contributed by atoms with van der Waals surface area (Å²) in [5.41, 5.74) is 2.15. The summed E-state index contributed by atoms with van der Waals surface area (Å²) >= 11 is 0. The first-order chi connectivity index (χ1) is 11.0. The fourth-order valence-electron chi connectivity index (χ4n) is 1.88. The molecule has 0 radical (unpaired) electrons. The van der Waals surface area contributed by atoms with Gasteiger partial charge in [0.05, 0.1) is 4.90 Å². The molecule has 0 amide bonds. The zero-order valence-corrected chi connectivity index (χ0v) is 13.5. The predicted molar refractivity (Wildman–Crippen MR) is 89.0 cm³/mol. The number of para-hydroxylation sites is 1. The quantitative estimate of drug-likeness (QED) is 0.580. The average Bonchev–Trinajstić information content (AvgIpc) is 2.57. The molecule has 3 rings (SSSR count). The van der Waals surface area contributed by atoms with Gasteiger partial charge in [-0.05, 0) is 19.1 Å². The number of aryl methyl sites for hydroxylation is 1. The Morgan fingerprint density at radius 3 is 1.83 bits per heavy atom. The summed E-state index contributed by atoms with van der Waals surface area (Å²) in [5.74, 6) is 0. The van der Waals surface area contributed by atoms with Crippen LogP contribution in [0.15, 0.2) is 90.1 Å². The average molecular weight is 328 g/mol. The largest absolute Gasteiger partial charge is 0.294 e. The van der Waals surface area contributed by atoms with E-state index in [1.165, 1.54) is 17.8 Å². The van der Waals surface area contributed by atoms with Gasteiger partial charge in [-0.25, -0.2) is 0 Å². The van der Waals surface area contributed by atoms with E-state index in [0.717, 1.165) is 5.56 Å². The molecule has 5 heteroatoms. The van der Waals surface area contributed by atoms with E-state index in [1.54, 1.807) is 12.1 Å². The maximum atomic E-state index is 10.5. The van der Waals surface area contributed by atoms with Crippen molar-refractivity contribution in [1.82, 2.24) is 0 Å². The molecule has 3 aromatic rings. The summed E-state index contributed by atoms with van der Waals surface area (Å²) in [7, 11) is -4.02. The van der Waals surface area contributed by atoms with Gasteiger partial charge < -0.3 is 0 Å². The highest BCUT2D eigenvalue weighted by atomic mass is 32.2. The van der Waals surface area contributed by atoms with Crippen molar-refractivity contribution < 1.29 is 17.5 Å². The van der Waals surface area contributed by atoms with Gasteiger partial charge in [0, 0.05) is 24.3 Å². The van der Waals surface area contributed by atoms with E-state index in [9.17, 15) is 8.42 Å². The Hall–Kier alpha value is -2.50. The minimum absolute atomic E-state index is 0.0666. The van der Waals surface area contributed by atoms with E-state index in [2.05, 4.69) is 16.7 Å². The van der Waals surface area contributed by atoms with Gasteiger partial charge in [-0.3, -0.25) is 4.55 Å². The van der Waals surface area contributed by atoms with Crippen molar-refractivity contribution in [3.8, 4) is 5.69 Å². The van der Waals surface area contributed by atoms with Crippen LogP contribution in [0.5, 0.6) is 0 Å². The molecule has 0 aliphatic carbocycles. The molecule has 0 bridgehead atoms. The van der Waals surface area contributed by atoms with Crippen LogP contribution in [0.2, 0.25) is 0 Å². The van der Waals surface area contributed by atoms with Gasteiger partial charge in [-0.1, -0.05) is 42.0 Å². The Bertz CT molecular complexity index is 793. The molecule has 0 fully saturated rings. The molecule has 0 atom stereocenters. The fourth-order valence-corrected chi connectivity index (χ4v) is 2.36. The molecule has 0 aliphatic heterocycles. The number of hydrogen-bond donors (Lipinski definition) is 1. The van der Waals surface area contributed by atoms with Gasteiger partial charge >= 0.3 is 0 Å². The van der Waals surface area contributed by atoms with Crippen LogP contribution in [0.25, 0.3) is 5.69 Å². The summed E-state index contributed by atoms with van der Waals surface area (Å²) in [6, 6.07) is 22.3. The smallest absolute Gasteiger partial charge is 0.282 e. The SMILES string of the molecule is Cc1ccc(S(=O)(=O)O)cc1.c1ccc(-[n+]2ccccc2)cc1. The lowest BCUT2D eigenvalue weighted by Crippen LogP contribution is -2.28. The lowest BCUT2D eigenvalue weighted by molar-refractivity contribution is -0.595. The lowest BCUT2D eigenvalue weighted by atomic mass is 10.2. The topological polar surface area (TPSA) is 58.3 Å². The summed E-state index contributed by atoms with van der Waals surface area (Å²) in [6.07, 6.45) is 4.07. The van der Waals surface area contributed by atoms with Gasteiger partial charge in [0.2, 0.25) is 5.69 Å². The van der Waals surface area contributed by atoms with Crippen LogP contribution in [0.3, 0.4) is 0 Å². The standard InChI is InChI=1S/C11H10N.C7H8O3S/c1-3-7-11(8-4-1)12-9-5-2-6-10-12;1-6-2-4-7(5-3-6)11(8,9)10/h1-10H;2-5H,1H3,(H,8,9,10)/q+1;. The highest BCUT2D eigenvalue weighted by Crippen LogP contribution is 2.08. The minimum Gasteiger partial charge on any atom is -0.282 e. The molecule has 0 spiro atoms. The summed E-state index contributed by atoms with van der Waals surface area (Å²) < 4.78 is 31.6. The van der Waals surface area contributed by atoms with Crippen molar-refractivity contribution in [1.29, 1.82) is 0 Å². The molecule has 2 aromatic carbocycles. The summed E-state index contributed by atoms with van der Waals surface area (Å²) in [4.78, 5) is -0.0666. The van der Waals surface area contributed by atoms with Crippen LogP contribution in [0.1, 0.15) is 5.56 Å². The molecular formula is C18H18NO3S+. The molecular weight excluding hydrogens is 310 g/mol. The van der Waals surface area contributed by atoms with Crippen molar-refractivity contribution in [2.24, 2.45) is 0 Å². The number of pyridine rings is 1. The monoisotopic (exact) mass is 328 g/mol. The van der Waals surface area contributed by atoms with Crippen molar-refractivity contribution in [3.63, 3.8) is 0 Å². The first-order valence-electron chi connectivity index (χ1n) is 7.03. The van der Waals surface area contributed by atoms with E-state index in [1.807, 2.05) is 55.7 Å². The van der Waals surface area contributed by atoms with Crippen LogP contribution in [0.4, 0.5) is 0 Å². The molecule has 1 heterocycles. The number of rotatable bonds is 2. The molecule has 118 valence electrons. The summed E-state index contributed by atoms with van der Waals surface area (Å²) in [6.45, 7) is 1.84. The third-order valence-corrected chi connectivity index (χ3v) is 3.96. The minimum atomic E-state index is -4.02. The fraction of sp³-hybridized carbons (Fsp3) is 0.0556. The second-order valence-corrected chi connectivity index (χ2v) is 6.33. The Labute approximate surface area is 136 Å². The first kappa shape index (κ1) is 16.9. The van der Waals surface area contributed by atoms with Crippen molar-refractivity contribution in [3.05, 3.63) is 90.8 Å². The zero-order chi connectivity index (χ0) is 16.7. The van der Waals surface area contributed by atoms with Crippen molar-refractivity contribution in [2.45, 2.75) is 11.8 Å². The van der Waals surface area contributed by atoms with E-state index < -0.39 is 10.1 Å². The third kappa shape index (κ3) is 5.32. The molecule has 23 heavy (non-hydrogen) atoms. The highest BCUT2D eigenvalue weighted by molar-refractivity contribution is 7.85. The van der Waals surface area contributed by atoms with E-state index in [0.29, 0.717) is 0 Å². The first-order valence-corrected chi connectivity index (χ1v) is 8.47. The van der Waals surface area contributed by atoms with Crippen molar-refractivity contribution in [2.75, 3.05) is 0 Å². The van der Waals surface area contributed by atoms with Crippen LogP contribution < -0.4 is 4.57 Å². The number of nitrogens with zero attached hydrogens (tertiary/aromatic N) is 1. The second-order valence-electron chi connectivity index (χ2n) is 4.91. The van der Waals surface area contributed by atoms with Gasteiger partial charge in [0.1, 0.15) is 0 Å². The summed E-state index contributed by atoms with van der Waals surface area (Å²) in [5, 5.41) is 0. The van der Waals surface area contributed by atoms with Crippen LogP contribution in [0, 0.1) is 6.92 Å². The van der Waals surface area contributed by atoms with Crippen LogP contribution in [-0.2, 0) is 10.1 Å². The number of hydrogen-bond acceptors (Lipinski definition) is 2. The normalized spacial score (nSPS) is 10.5. The zero-order valence-electron chi connectivity index (χ0n) is 12.7. The van der Waals surface area contributed by atoms with Crippen LogP contribution >= 0.6 is 0 Å². The molecule has 1 aromatic heterocycles. The Balaban J connectivity index is 0.000000168. The highest BCUT2D eigenvalue weighted by Gasteiger charge is 2.06. The molecule has 0 unspecified atom stereocenters. The molecule has 1 N–H and O–H groups in total. The molecule has 0 aliphatic rings. The number of benzene rings is 2. The second kappa shape index (κ2) is 7.67. The molecule has 4 nitrogen and oxygen atoms in total. The van der Waals surface area contributed by atoms with Crippen LogP contribution in [-0.4, -0.2) is 13.0 Å². The van der Waals surface area contributed by atoms with E-state index >= 15 is 0 Å². The van der Waals surface area contributed by atoms with Gasteiger partial charge in [0.15, 0.2) is 12.4 Å². The third-order valence-electron chi connectivity index (χ3n) is 3.09. The van der Waals surface area contributed by atoms with Crippen molar-refractivity contribution >= 4 is 10.1 Å². The maximum Gasteiger partial charge on any atom is 0.294 e. The Kier molecular flexibility index (Phi) is 5.62. The molecule has 0 saturated carbocycles.